The van der Waals surface area contributed by atoms with Gasteiger partial charge in [-0.05, 0) is 61.6 Å². The predicted octanol–water partition coefficient (Wildman–Crippen LogP) is 3.82. The van der Waals surface area contributed by atoms with Gasteiger partial charge < -0.3 is 5.32 Å². The van der Waals surface area contributed by atoms with Crippen molar-refractivity contribution in [1.29, 1.82) is 0 Å². The first kappa shape index (κ1) is 13.9. The number of carbonyl (C=O) groups excluding carboxylic acids is 1. The molecule has 108 valence electrons. The van der Waals surface area contributed by atoms with Crippen molar-refractivity contribution in [3.8, 4) is 0 Å². The number of halogens is 1. The second kappa shape index (κ2) is 5.77. The molecule has 0 heterocycles. The lowest BCUT2D eigenvalue weighted by molar-refractivity contribution is -0.121. The van der Waals surface area contributed by atoms with E-state index in [0.717, 1.165) is 17.4 Å². The maximum atomic E-state index is 12.1. The standard InChI is InChI=1S/C17H22ClNO/c1-11(16-9-13-2-5-14(16)8-13)19-17(20)10-12-3-6-15(18)7-4-12/h3-4,6-7,11,13-14,16H,2,5,8-10H2,1H3,(H,19,20)/t11-,13-,14-,16+/m0/s1. The third-order valence-electron chi connectivity index (χ3n) is 5.10. The molecule has 0 radical (unpaired) electrons. The zero-order valence-corrected chi connectivity index (χ0v) is 12.7. The molecule has 3 heteroatoms. The average Bonchev–Trinajstić information content (AvgIpc) is 3.03. The molecule has 3 rings (SSSR count). The summed E-state index contributed by atoms with van der Waals surface area (Å²) in [6.45, 7) is 2.17. The Hall–Kier alpha value is -1.02. The van der Waals surface area contributed by atoms with E-state index in [2.05, 4.69) is 12.2 Å². The first-order valence-corrected chi connectivity index (χ1v) is 8.03. The number of amides is 1. The van der Waals surface area contributed by atoms with E-state index in [0.29, 0.717) is 23.4 Å². The number of hydrogen-bond acceptors (Lipinski definition) is 1. The lowest BCUT2D eigenvalue weighted by Gasteiger charge is -2.28. The van der Waals surface area contributed by atoms with Crippen LogP contribution in [0.1, 0.15) is 38.2 Å². The van der Waals surface area contributed by atoms with Gasteiger partial charge in [0.1, 0.15) is 0 Å². The fourth-order valence-corrected chi connectivity index (χ4v) is 4.23. The van der Waals surface area contributed by atoms with Gasteiger partial charge in [-0.25, -0.2) is 0 Å². The molecule has 4 atom stereocenters. The summed E-state index contributed by atoms with van der Waals surface area (Å²) in [5.41, 5.74) is 1.02. The molecule has 2 aliphatic rings. The van der Waals surface area contributed by atoms with Crippen LogP contribution in [0.15, 0.2) is 24.3 Å². The number of carbonyl (C=O) groups is 1. The summed E-state index contributed by atoms with van der Waals surface area (Å²) in [5.74, 6) is 2.61. The zero-order chi connectivity index (χ0) is 14.1. The topological polar surface area (TPSA) is 29.1 Å². The summed E-state index contributed by atoms with van der Waals surface area (Å²) in [6.07, 6.45) is 5.93. The lowest BCUT2D eigenvalue weighted by atomic mass is 9.84. The molecule has 1 N–H and O–H groups in total. The van der Waals surface area contributed by atoms with Crippen molar-refractivity contribution in [2.75, 3.05) is 0 Å². The molecule has 1 amide bonds. The number of fused-ring (bicyclic) bond motifs is 2. The van der Waals surface area contributed by atoms with Crippen LogP contribution in [-0.2, 0) is 11.2 Å². The molecule has 1 aromatic carbocycles. The van der Waals surface area contributed by atoms with Crippen LogP contribution in [0.4, 0.5) is 0 Å². The second-order valence-electron chi connectivity index (χ2n) is 6.50. The maximum Gasteiger partial charge on any atom is 0.224 e. The molecular weight excluding hydrogens is 270 g/mol. The monoisotopic (exact) mass is 291 g/mol. The minimum Gasteiger partial charge on any atom is -0.353 e. The number of hydrogen-bond donors (Lipinski definition) is 1. The van der Waals surface area contributed by atoms with Gasteiger partial charge in [0.05, 0.1) is 6.42 Å². The smallest absolute Gasteiger partial charge is 0.224 e. The Morgan fingerprint density at radius 2 is 2.05 bits per heavy atom. The van der Waals surface area contributed by atoms with Gasteiger partial charge in [-0.15, -0.1) is 0 Å². The van der Waals surface area contributed by atoms with Crippen LogP contribution >= 0.6 is 11.6 Å². The Morgan fingerprint density at radius 3 is 2.65 bits per heavy atom. The summed E-state index contributed by atoms with van der Waals surface area (Å²) in [7, 11) is 0. The summed E-state index contributed by atoms with van der Waals surface area (Å²) >= 11 is 5.85. The van der Waals surface area contributed by atoms with Crippen molar-refractivity contribution in [2.24, 2.45) is 17.8 Å². The first-order valence-electron chi connectivity index (χ1n) is 7.65. The third kappa shape index (κ3) is 3.01. The quantitative estimate of drug-likeness (QED) is 0.898. The summed E-state index contributed by atoms with van der Waals surface area (Å²) in [6, 6.07) is 7.83. The second-order valence-corrected chi connectivity index (χ2v) is 6.93. The fourth-order valence-electron chi connectivity index (χ4n) is 4.11. The molecule has 0 aromatic heterocycles. The molecule has 20 heavy (non-hydrogen) atoms. The van der Waals surface area contributed by atoms with Gasteiger partial charge in [0.2, 0.25) is 5.91 Å². The number of nitrogens with one attached hydrogen (secondary N) is 1. The van der Waals surface area contributed by atoms with Gasteiger partial charge in [0.15, 0.2) is 0 Å². The van der Waals surface area contributed by atoms with E-state index in [1.54, 1.807) is 0 Å². The van der Waals surface area contributed by atoms with Crippen molar-refractivity contribution >= 4 is 17.5 Å². The Bertz CT molecular complexity index is 484. The van der Waals surface area contributed by atoms with Crippen LogP contribution in [-0.4, -0.2) is 11.9 Å². The minimum atomic E-state index is 0.127. The minimum absolute atomic E-state index is 0.127. The van der Waals surface area contributed by atoms with Crippen LogP contribution in [0.2, 0.25) is 5.02 Å². The Balaban J connectivity index is 1.52. The van der Waals surface area contributed by atoms with E-state index in [1.807, 2.05) is 24.3 Å². The molecule has 0 saturated heterocycles. The molecule has 0 spiro atoms. The molecular formula is C17H22ClNO. The van der Waals surface area contributed by atoms with Gasteiger partial charge >= 0.3 is 0 Å². The first-order chi connectivity index (χ1) is 9.61. The van der Waals surface area contributed by atoms with Crippen LogP contribution in [0, 0.1) is 17.8 Å². The highest BCUT2D eigenvalue weighted by atomic mass is 35.5. The lowest BCUT2D eigenvalue weighted by Crippen LogP contribution is -2.40. The van der Waals surface area contributed by atoms with E-state index in [-0.39, 0.29) is 5.91 Å². The van der Waals surface area contributed by atoms with Gasteiger partial charge in [0.25, 0.3) is 0 Å². The summed E-state index contributed by atoms with van der Waals surface area (Å²) in [5, 5.41) is 3.91. The van der Waals surface area contributed by atoms with Gasteiger partial charge in [-0.1, -0.05) is 30.2 Å². The van der Waals surface area contributed by atoms with Crippen molar-refractivity contribution < 1.29 is 4.79 Å². The fraction of sp³-hybridized carbons (Fsp3) is 0.588. The van der Waals surface area contributed by atoms with E-state index >= 15 is 0 Å². The van der Waals surface area contributed by atoms with Crippen molar-refractivity contribution in [3.63, 3.8) is 0 Å². The third-order valence-corrected chi connectivity index (χ3v) is 5.35. The van der Waals surface area contributed by atoms with E-state index in [1.165, 1.54) is 25.7 Å². The van der Waals surface area contributed by atoms with Crippen LogP contribution in [0.5, 0.6) is 0 Å². The van der Waals surface area contributed by atoms with Crippen molar-refractivity contribution in [1.82, 2.24) is 5.32 Å². The SMILES string of the molecule is C[C@H](NC(=O)Cc1ccc(Cl)cc1)[C@H]1C[C@H]2CC[C@H]1C2. The van der Waals surface area contributed by atoms with E-state index in [9.17, 15) is 4.79 Å². The molecule has 2 nitrogen and oxygen atoms in total. The Kier molecular flexibility index (Phi) is 4.02. The maximum absolute atomic E-state index is 12.1. The Morgan fingerprint density at radius 1 is 1.30 bits per heavy atom. The highest BCUT2D eigenvalue weighted by Crippen LogP contribution is 2.49. The number of benzene rings is 1. The van der Waals surface area contributed by atoms with Crippen LogP contribution < -0.4 is 5.32 Å². The van der Waals surface area contributed by atoms with Gasteiger partial charge in [0, 0.05) is 11.1 Å². The highest BCUT2D eigenvalue weighted by molar-refractivity contribution is 6.30. The molecule has 2 saturated carbocycles. The van der Waals surface area contributed by atoms with Crippen LogP contribution in [0.25, 0.3) is 0 Å². The summed E-state index contributed by atoms with van der Waals surface area (Å²) in [4.78, 5) is 12.1. The molecule has 0 unspecified atom stereocenters. The largest absolute Gasteiger partial charge is 0.353 e. The highest BCUT2D eigenvalue weighted by Gasteiger charge is 2.42. The van der Waals surface area contributed by atoms with Gasteiger partial charge in [-0.2, -0.15) is 0 Å². The van der Waals surface area contributed by atoms with E-state index < -0.39 is 0 Å². The van der Waals surface area contributed by atoms with Crippen molar-refractivity contribution in [2.45, 2.75) is 45.1 Å². The zero-order valence-electron chi connectivity index (χ0n) is 11.9. The molecule has 1 aromatic rings. The molecule has 0 aliphatic heterocycles. The van der Waals surface area contributed by atoms with E-state index in [4.69, 9.17) is 11.6 Å². The van der Waals surface area contributed by atoms with Gasteiger partial charge in [-0.3, -0.25) is 4.79 Å². The normalized spacial score (nSPS) is 29.4. The van der Waals surface area contributed by atoms with Crippen molar-refractivity contribution in [3.05, 3.63) is 34.9 Å². The predicted molar refractivity (Wildman–Crippen MR) is 81.7 cm³/mol. The summed E-state index contributed by atoms with van der Waals surface area (Å²) < 4.78 is 0. The molecule has 2 bridgehead atoms. The Labute approximate surface area is 125 Å². The average molecular weight is 292 g/mol. The molecule has 2 aliphatic carbocycles. The van der Waals surface area contributed by atoms with Crippen LogP contribution in [0.3, 0.4) is 0 Å². The molecule has 2 fully saturated rings. The number of rotatable bonds is 4.